The van der Waals surface area contributed by atoms with E-state index in [1.165, 1.54) is 12.8 Å². The molecule has 1 aromatic carbocycles. The standard InChI is InChI=1S/C14H20N2O2.ClH/c17-14(11-18-13-6-2-1-3-7-13)16-10-8-12-5-4-9-15-12;/h1-3,6-7,12,15H,4-5,8-11H2,(H,16,17);1H/t12-;/m1./s1. The fraction of sp³-hybridized carbons (Fsp3) is 0.500. The Balaban J connectivity index is 0.00000180. The van der Waals surface area contributed by atoms with E-state index >= 15 is 0 Å². The molecule has 2 rings (SSSR count). The first-order valence-electron chi connectivity index (χ1n) is 6.52. The van der Waals surface area contributed by atoms with E-state index in [1.54, 1.807) is 0 Å². The zero-order valence-electron chi connectivity index (χ0n) is 10.9. The third-order valence-electron chi connectivity index (χ3n) is 3.09. The van der Waals surface area contributed by atoms with Crippen LogP contribution in [0.4, 0.5) is 0 Å². The molecule has 0 spiro atoms. The normalized spacial score (nSPS) is 17.6. The van der Waals surface area contributed by atoms with Crippen LogP contribution >= 0.6 is 12.4 Å². The quantitative estimate of drug-likeness (QED) is 0.837. The van der Waals surface area contributed by atoms with Crippen LogP contribution in [0, 0.1) is 0 Å². The number of amides is 1. The lowest BCUT2D eigenvalue weighted by Gasteiger charge is -2.11. The van der Waals surface area contributed by atoms with Crippen LogP contribution in [-0.2, 0) is 4.79 Å². The van der Waals surface area contributed by atoms with Crippen molar-refractivity contribution in [3.05, 3.63) is 30.3 Å². The van der Waals surface area contributed by atoms with E-state index in [-0.39, 0.29) is 24.9 Å². The van der Waals surface area contributed by atoms with Gasteiger partial charge in [-0.2, -0.15) is 0 Å². The van der Waals surface area contributed by atoms with Gasteiger partial charge in [-0.05, 0) is 37.9 Å². The largest absolute Gasteiger partial charge is 0.484 e. The number of carbonyl (C=O) groups excluding carboxylic acids is 1. The van der Waals surface area contributed by atoms with Crippen LogP contribution in [0.15, 0.2) is 30.3 Å². The number of carbonyl (C=O) groups is 1. The molecular formula is C14H21ClN2O2. The molecule has 106 valence electrons. The molecular weight excluding hydrogens is 264 g/mol. The zero-order valence-corrected chi connectivity index (χ0v) is 11.7. The minimum Gasteiger partial charge on any atom is -0.484 e. The molecule has 19 heavy (non-hydrogen) atoms. The van der Waals surface area contributed by atoms with E-state index in [9.17, 15) is 4.79 Å². The van der Waals surface area contributed by atoms with Crippen molar-refractivity contribution in [1.29, 1.82) is 0 Å². The molecule has 0 saturated carbocycles. The maximum absolute atomic E-state index is 11.5. The smallest absolute Gasteiger partial charge is 0.257 e. The van der Waals surface area contributed by atoms with E-state index in [0.29, 0.717) is 12.6 Å². The predicted octanol–water partition coefficient (Wildman–Crippen LogP) is 1.75. The van der Waals surface area contributed by atoms with Crippen molar-refractivity contribution in [2.45, 2.75) is 25.3 Å². The van der Waals surface area contributed by atoms with Crippen molar-refractivity contribution in [2.75, 3.05) is 19.7 Å². The summed E-state index contributed by atoms with van der Waals surface area (Å²) in [7, 11) is 0. The monoisotopic (exact) mass is 284 g/mol. The van der Waals surface area contributed by atoms with Crippen molar-refractivity contribution < 1.29 is 9.53 Å². The van der Waals surface area contributed by atoms with Crippen LogP contribution < -0.4 is 15.4 Å². The number of rotatable bonds is 6. The summed E-state index contributed by atoms with van der Waals surface area (Å²) in [6.07, 6.45) is 3.46. The van der Waals surface area contributed by atoms with E-state index in [1.807, 2.05) is 30.3 Å². The van der Waals surface area contributed by atoms with Crippen molar-refractivity contribution in [3.8, 4) is 5.75 Å². The Morgan fingerprint density at radius 3 is 2.84 bits per heavy atom. The number of hydrogen-bond donors (Lipinski definition) is 2. The number of hydrogen-bond acceptors (Lipinski definition) is 3. The molecule has 0 aliphatic carbocycles. The Bertz CT molecular complexity index is 367. The minimum absolute atomic E-state index is 0. The highest BCUT2D eigenvalue weighted by atomic mass is 35.5. The molecule has 5 heteroatoms. The fourth-order valence-corrected chi connectivity index (χ4v) is 2.11. The van der Waals surface area contributed by atoms with Gasteiger partial charge in [-0.25, -0.2) is 0 Å². The first-order chi connectivity index (χ1) is 8.84. The summed E-state index contributed by atoms with van der Waals surface area (Å²) in [5.41, 5.74) is 0. The van der Waals surface area contributed by atoms with Gasteiger partial charge in [0, 0.05) is 12.6 Å². The van der Waals surface area contributed by atoms with E-state index in [4.69, 9.17) is 4.74 Å². The molecule has 0 aromatic heterocycles. The van der Waals surface area contributed by atoms with Gasteiger partial charge in [-0.1, -0.05) is 18.2 Å². The fourth-order valence-electron chi connectivity index (χ4n) is 2.11. The molecule has 1 aliphatic rings. The lowest BCUT2D eigenvalue weighted by atomic mass is 10.1. The molecule has 1 atom stereocenters. The molecule has 1 amide bonds. The SMILES string of the molecule is Cl.O=C(COc1ccccc1)NCC[C@H]1CCCN1. The second kappa shape index (κ2) is 8.77. The summed E-state index contributed by atoms with van der Waals surface area (Å²) < 4.78 is 5.36. The van der Waals surface area contributed by atoms with Crippen LogP contribution in [0.3, 0.4) is 0 Å². The summed E-state index contributed by atoms with van der Waals surface area (Å²) in [6.45, 7) is 1.91. The van der Waals surface area contributed by atoms with Crippen LogP contribution in [-0.4, -0.2) is 31.6 Å². The number of nitrogens with one attached hydrogen (secondary N) is 2. The van der Waals surface area contributed by atoms with Crippen LogP contribution in [0.2, 0.25) is 0 Å². The average molecular weight is 285 g/mol. The van der Waals surface area contributed by atoms with Gasteiger partial charge in [-0.3, -0.25) is 4.79 Å². The van der Waals surface area contributed by atoms with Crippen LogP contribution in [0.1, 0.15) is 19.3 Å². The number of ether oxygens (including phenoxy) is 1. The number of halogens is 1. The maximum Gasteiger partial charge on any atom is 0.257 e. The summed E-state index contributed by atoms with van der Waals surface area (Å²) in [6, 6.07) is 9.95. The molecule has 1 aromatic rings. The van der Waals surface area contributed by atoms with E-state index in [0.717, 1.165) is 18.7 Å². The van der Waals surface area contributed by atoms with Gasteiger partial charge in [0.1, 0.15) is 5.75 Å². The Morgan fingerprint density at radius 2 is 2.16 bits per heavy atom. The first kappa shape index (κ1) is 15.8. The summed E-state index contributed by atoms with van der Waals surface area (Å²) in [4.78, 5) is 11.5. The highest BCUT2D eigenvalue weighted by Crippen LogP contribution is 2.08. The number of para-hydroxylation sites is 1. The molecule has 1 heterocycles. The van der Waals surface area contributed by atoms with Crippen LogP contribution in [0.5, 0.6) is 5.75 Å². The zero-order chi connectivity index (χ0) is 12.6. The highest BCUT2D eigenvalue weighted by molar-refractivity contribution is 5.85. The lowest BCUT2D eigenvalue weighted by Crippen LogP contribution is -2.33. The second-order valence-corrected chi connectivity index (χ2v) is 4.53. The third kappa shape index (κ3) is 5.94. The van der Waals surface area contributed by atoms with Gasteiger partial charge in [0.05, 0.1) is 0 Å². The third-order valence-corrected chi connectivity index (χ3v) is 3.09. The second-order valence-electron chi connectivity index (χ2n) is 4.53. The van der Waals surface area contributed by atoms with Crippen LogP contribution in [0.25, 0.3) is 0 Å². The van der Waals surface area contributed by atoms with Gasteiger partial charge in [-0.15, -0.1) is 12.4 Å². The van der Waals surface area contributed by atoms with Gasteiger partial charge >= 0.3 is 0 Å². The molecule has 4 nitrogen and oxygen atoms in total. The molecule has 0 radical (unpaired) electrons. The molecule has 1 aliphatic heterocycles. The average Bonchev–Trinajstić information content (AvgIpc) is 2.91. The summed E-state index contributed by atoms with van der Waals surface area (Å²) in [5.74, 6) is 0.668. The van der Waals surface area contributed by atoms with Crippen molar-refractivity contribution in [2.24, 2.45) is 0 Å². The Morgan fingerprint density at radius 1 is 1.37 bits per heavy atom. The highest BCUT2D eigenvalue weighted by Gasteiger charge is 2.13. The van der Waals surface area contributed by atoms with Crippen molar-refractivity contribution in [1.82, 2.24) is 10.6 Å². The topological polar surface area (TPSA) is 50.4 Å². The summed E-state index contributed by atoms with van der Waals surface area (Å²) in [5, 5.41) is 6.28. The predicted molar refractivity (Wildman–Crippen MR) is 77.8 cm³/mol. The lowest BCUT2D eigenvalue weighted by molar-refractivity contribution is -0.123. The Labute approximate surface area is 120 Å². The minimum atomic E-state index is -0.0585. The van der Waals surface area contributed by atoms with Gasteiger partial charge in [0.2, 0.25) is 0 Å². The maximum atomic E-state index is 11.5. The molecule has 0 bridgehead atoms. The molecule has 2 N–H and O–H groups in total. The molecule has 0 unspecified atom stereocenters. The van der Waals surface area contributed by atoms with Gasteiger partial charge in [0.25, 0.3) is 5.91 Å². The van der Waals surface area contributed by atoms with Gasteiger partial charge in [0.15, 0.2) is 6.61 Å². The Kier molecular flexibility index (Phi) is 7.30. The van der Waals surface area contributed by atoms with Crippen molar-refractivity contribution >= 4 is 18.3 Å². The number of benzene rings is 1. The first-order valence-corrected chi connectivity index (χ1v) is 6.52. The van der Waals surface area contributed by atoms with E-state index < -0.39 is 0 Å². The summed E-state index contributed by atoms with van der Waals surface area (Å²) >= 11 is 0. The Hall–Kier alpha value is -1.26. The van der Waals surface area contributed by atoms with E-state index in [2.05, 4.69) is 10.6 Å². The molecule has 1 saturated heterocycles. The van der Waals surface area contributed by atoms with Gasteiger partial charge < -0.3 is 15.4 Å². The molecule has 1 fully saturated rings. The van der Waals surface area contributed by atoms with Crippen molar-refractivity contribution in [3.63, 3.8) is 0 Å².